The van der Waals surface area contributed by atoms with E-state index in [0.717, 1.165) is 33.3 Å². The molecule has 1 unspecified atom stereocenters. The van der Waals surface area contributed by atoms with Crippen LogP contribution in [0.1, 0.15) is 37.4 Å². The van der Waals surface area contributed by atoms with Crippen molar-refractivity contribution in [2.45, 2.75) is 38.8 Å². The Bertz CT molecular complexity index is 1010. The summed E-state index contributed by atoms with van der Waals surface area (Å²) in [5.74, 6) is 0.832. The highest BCUT2D eigenvalue weighted by Crippen LogP contribution is 2.39. The summed E-state index contributed by atoms with van der Waals surface area (Å²) in [5.41, 5.74) is 2.59. The fourth-order valence-corrected chi connectivity index (χ4v) is 3.65. The number of fused-ring (bicyclic) bond motifs is 2. The minimum Gasteiger partial charge on any atom is -0.487 e. The van der Waals surface area contributed by atoms with Gasteiger partial charge in [0.25, 0.3) is 0 Å². The van der Waals surface area contributed by atoms with Crippen molar-refractivity contribution in [1.29, 1.82) is 0 Å². The van der Waals surface area contributed by atoms with Crippen LogP contribution in [0.3, 0.4) is 0 Å². The molecule has 5 heteroatoms. The second-order valence-electron chi connectivity index (χ2n) is 7.66. The van der Waals surface area contributed by atoms with Gasteiger partial charge in [-0.15, -0.1) is 0 Å². The van der Waals surface area contributed by atoms with Crippen molar-refractivity contribution >= 4 is 22.5 Å². The van der Waals surface area contributed by atoms with Crippen molar-refractivity contribution in [2.75, 3.05) is 5.32 Å². The van der Waals surface area contributed by atoms with E-state index in [1.165, 1.54) is 0 Å². The Kier molecular flexibility index (Phi) is 4.22. The quantitative estimate of drug-likeness (QED) is 0.677. The number of ether oxygens (including phenoxy) is 1. The van der Waals surface area contributed by atoms with Crippen molar-refractivity contribution < 1.29 is 9.53 Å². The Labute approximate surface area is 158 Å². The summed E-state index contributed by atoms with van der Waals surface area (Å²) in [4.78, 5) is 16.9. The van der Waals surface area contributed by atoms with Crippen molar-refractivity contribution in [3.05, 3.63) is 66.0 Å². The number of amides is 2. The molecule has 3 aromatic rings. The normalized spacial score (nSPS) is 17.7. The van der Waals surface area contributed by atoms with Crippen molar-refractivity contribution in [2.24, 2.45) is 0 Å². The summed E-state index contributed by atoms with van der Waals surface area (Å²) in [6, 6.07) is 13.4. The summed E-state index contributed by atoms with van der Waals surface area (Å²) < 4.78 is 6.08. The number of carbonyl (C=O) groups excluding carboxylic acids is 1. The largest absolute Gasteiger partial charge is 0.487 e. The molecule has 2 amide bonds. The number of pyridine rings is 1. The number of urea groups is 1. The lowest BCUT2D eigenvalue weighted by Gasteiger charge is -2.38. The maximum absolute atomic E-state index is 12.8. The zero-order valence-electron chi connectivity index (χ0n) is 15.7. The van der Waals surface area contributed by atoms with E-state index in [4.69, 9.17) is 4.74 Å². The topological polar surface area (TPSA) is 63.2 Å². The number of anilines is 1. The summed E-state index contributed by atoms with van der Waals surface area (Å²) in [6.07, 6.45) is 4.22. The zero-order chi connectivity index (χ0) is 19.0. The molecule has 0 saturated heterocycles. The van der Waals surface area contributed by atoms with Crippen LogP contribution < -0.4 is 15.4 Å². The number of hydrogen-bond donors (Lipinski definition) is 2. The van der Waals surface area contributed by atoms with Crippen LogP contribution in [0, 0.1) is 6.92 Å². The summed E-state index contributed by atoms with van der Waals surface area (Å²) >= 11 is 0. The number of benzene rings is 2. The molecular weight excluding hydrogens is 338 g/mol. The van der Waals surface area contributed by atoms with E-state index in [1.54, 1.807) is 12.4 Å². The highest BCUT2D eigenvalue weighted by Gasteiger charge is 2.34. The van der Waals surface area contributed by atoms with Gasteiger partial charge in [-0.05, 0) is 39.0 Å². The lowest BCUT2D eigenvalue weighted by atomic mass is 9.89. The number of nitrogens with one attached hydrogen (secondary N) is 2. The molecule has 1 atom stereocenters. The number of nitrogens with zero attached hydrogens (tertiary/aromatic N) is 1. The Morgan fingerprint density at radius 2 is 2.07 bits per heavy atom. The first kappa shape index (κ1) is 17.3. The SMILES string of the molecule is Cc1ccc2c(c1)C(NC(=O)Nc1cccc3cnccc13)CC(C)(C)O2. The first-order chi connectivity index (χ1) is 12.9. The van der Waals surface area contributed by atoms with Crippen molar-refractivity contribution in [3.8, 4) is 5.75 Å². The van der Waals surface area contributed by atoms with Crippen LogP contribution in [0.15, 0.2) is 54.9 Å². The van der Waals surface area contributed by atoms with Crippen LogP contribution in [0.25, 0.3) is 10.8 Å². The van der Waals surface area contributed by atoms with Crippen LogP contribution in [-0.2, 0) is 0 Å². The third-order valence-electron chi connectivity index (χ3n) is 4.86. The number of hydrogen-bond acceptors (Lipinski definition) is 3. The first-order valence-electron chi connectivity index (χ1n) is 9.11. The van der Waals surface area contributed by atoms with Gasteiger partial charge in [0.15, 0.2) is 0 Å². The third kappa shape index (κ3) is 3.58. The Morgan fingerprint density at radius 3 is 2.93 bits per heavy atom. The van der Waals surface area contributed by atoms with E-state index in [0.29, 0.717) is 6.42 Å². The number of rotatable bonds is 2. The predicted octanol–water partition coefficient (Wildman–Crippen LogP) is 4.97. The molecule has 4 rings (SSSR count). The highest BCUT2D eigenvalue weighted by molar-refractivity contribution is 6.01. The lowest BCUT2D eigenvalue weighted by molar-refractivity contribution is 0.0682. The van der Waals surface area contributed by atoms with E-state index in [9.17, 15) is 4.79 Å². The first-order valence-corrected chi connectivity index (χ1v) is 9.11. The maximum atomic E-state index is 12.8. The summed E-state index contributed by atoms with van der Waals surface area (Å²) in [6.45, 7) is 6.13. The minimum absolute atomic E-state index is 0.111. The molecule has 5 nitrogen and oxygen atoms in total. The molecule has 0 bridgehead atoms. The number of aryl methyl sites for hydroxylation is 1. The number of carbonyl (C=O) groups is 1. The standard InChI is InChI=1S/C22H23N3O2/c1-14-7-8-20-17(11-14)19(12-22(2,3)27-20)25-21(26)24-18-6-4-5-15-13-23-10-9-16(15)18/h4-11,13,19H,12H2,1-3H3,(H2,24,25,26). The maximum Gasteiger partial charge on any atom is 0.319 e. The van der Waals surface area contributed by atoms with Crippen LogP contribution in [0.5, 0.6) is 5.75 Å². The fraction of sp³-hybridized carbons (Fsp3) is 0.273. The molecular formula is C22H23N3O2. The number of aromatic nitrogens is 1. The van der Waals surface area contributed by atoms with Crippen molar-refractivity contribution in [3.63, 3.8) is 0 Å². The minimum atomic E-state index is -0.342. The van der Waals surface area contributed by atoms with Crippen LogP contribution in [0.4, 0.5) is 10.5 Å². The smallest absolute Gasteiger partial charge is 0.319 e. The molecule has 138 valence electrons. The second-order valence-corrected chi connectivity index (χ2v) is 7.66. The zero-order valence-corrected chi connectivity index (χ0v) is 15.7. The third-order valence-corrected chi connectivity index (χ3v) is 4.86. The molecule has 2 heterocycles. The van der Waals surface area contributed by atoms with Gasteiger partial charge < -0.3 is 15.4 Å². The van der Waals surface area contributed by atoms with Gasteiger partial charge in [0.2, 0.25) is 0 Å². The molecule has 1 aliphatic heterocycles. The van der Waals surface area contributed by atoms with Gasteiger partial charge in [-0.2, -0.15) is 0 Å². The van der Waals surface area contributed by atoms with Crippen LogP contribution >= 0.6 is 0 Å². The summed E-state index contributed by atoms with van der Waals surface area (Å²) in [7, 11) is 0. The van der Waals surface area contributed by atoms with Gasteiger partial charge in [0, 0.05) is 35.2 Å². The van der Waals surface area contributed by atoms with Crippen LogP contribution in [-0.4, -0.2) is 16.6 Å². The molecule has 1 aliphatic rings. The molecule has 27 heavy (non-hydrogen) atoms. The van der Waals surface area contributed by atoms with E-state index < -0.39 is 0 Å². The molecule has 0 saturated carbocycles. The van der Waals surface area contributed by atoms with E-state index in [1.807, 2.05) is 57.2 Å². The predicted molar refractivity (Wildman–Crippen MR) is 107 cm³/mol. The Morgan fingerprint density at radius 1 is 1.22 bits per heavy atom. The van der Waals surface area contributed by atoms with E-state index in [2.05, 4.69) is 21.7 Å². The van der Waals surface area contributed by atoms with Gasteiger partial charge in [-0.3, -0.25) is 4.98 Å². The molecule has 0 radical (unpaired) electrons. The summed E-state index contributed by atoms with van der Waals surface area (Å²) in [5, 5.41) is 8.07. The molecule has 0 spiro atoms. The van der Waals surface area contributed by atoms with Gasteiger partial charge in [0.05, 0.1) is 11.7 Å². The molecule has 0 aliphatic carbocycles. The molecule has 1 aromatic heterocycles. The highest BCUT2D eigenvalue weighted by atomic mass is 16.5. The van der Waals surface area contributed by atoms with Gasteiger partial charge in [-0.25, -0.2) is 4.79 Å². The average molecular weight is 361 g/mol. The van der Waals surface area contributed by atoms with Gasteiger partial charge in [0.1, 0.15) is 11.4 Å². The monoisotopic (exact) mass is 361 g/mol. The van der Waals surface area contributed by atoms with Gasteiger partial charge in [-0.1, -0.05) is 29.8 Å². The molecule has 2 N–H and O–H groups in total. The molecule has 0 fully saturated rings. The van der Waals surface area contributed by atoms with E-state index >= 15 is 0 Å². The van der Waals surface area contributed by atoms with Gasteiger partial charge >= 0.3 is 6.03 Å². The van der Waals surface area contributed by atoms with E-state index in [-0.39, 0.29) is 17.7 Å². The van der Waals surface area contributed by atoms with Crippen molar-refractivity contribution in [1.82, 2.24) is 10.3 Å². The fourth-order valence-electron chi connectivity index (χ4n) is 3.65. The lowest BCUT2D eigenvalue weighted by Crippen LogP contribution is -2.42. The Balaban J connectivity index is 1.58. The second kappa shape index (κ2) is 6.58. The molecule has 2 aromatic carbocycles. The average Bonchev–Trinajstić information content (AvgIpc) is 2.62. The Hall–Kier alpha value is -3.08. The van der Waals surface area contributed by atoms with Crippen LogP contribution in [0.2, 0.25) is 0 Å².